The van der Waals surface area contributed by atoms with Crippen molar-refractivity contribution in [1.29, 1.82) is 0 Å². The summed E-state index contributed by atoms with van der Waals surface area (Å²) in [6.45, 7) is 1.13. The van der Waals surface area contributed by atoms with E-state index in [0.29, 0.717) is 24.3 Å². The van der Waals surface area contributed by atoms with Crippen LogP contribution in [0.3, 0.4) is 0 Å². The van der Waals surface area contributed by atoms with Crippen LogP contribution in [0.15, 0.2) is 67.3 Å². The maximum atomic E-state index is 12.3. The first kappa shape index (κ1) is 14.0. The van der Waals surface area contributed by atoms with Crippen LogP contribution in [0.4, 0.5) is 0 Å². The SMILES string of the molecule is O=C(c1ccccc1)c1ccc(OCCn2cncn2)cc1. The Morgan fingerprint density at radius 1 is 1.00 bits per heavy atom. The molecule has 1 aromatic heterocycles. The molecule has 3 rings (SSSR count). The molecule has 0 aliphatic rings. The lowest BCUT2D eigenvalue weighted by Crippen LogP contribution is -2.08. The number of carbonyl (C=O) groups is 1. The highest BCUT2D eigenvalue weighted by Crippen LogP contribution is 2.15. The van der Waals surface area contributed by atoms with E-state index >= 15 is 0 Å². The van der Waals surface area contributed by atoms with E-state index in [1.807, 2.05) is 30.3 Å². The van der Waals surface area contributed by atoms with E-state index < -0.39 is 0 Å². The third kappa shape index (κ3) is 3.38. The molecule has 0 amide bonds. The van der Waals surface area contributed by atoms with Crippen molar-refractivity contribution in [3.63, 3.8) is 0 Å². The zero-order valence-electron chi connectivity index (χ0n) is 11.9. The molecule has 5 heteroatoms. The van der Waals surface area contributed by atoms with Crippen LogP contribution in [-0.2, 0) is 6.54 Å². The molecule has 5 nitrogen and oxygen atoms in total. The second-order valence-electron chi connectivity index (χ2n) is 4.73. The monoisotopic (exact) mass is 293 g/mol. The average Bonchev–Trinajstić information content (AvgIpc) is 3.09. The smallest absolute Gasteiger partial charge is 0.193 e. The molecular weight excluding hydrogens is 278 g/mol. The summed E-state index contributed by atoms with van der Waals surface area (Å²) in [7, 11) is 0. The maximum Gasteiger partial charge on any atom is 0.193 e. The van der Waals surface area contributed by atoms with Crippen LogP contribution in [0.2, 0.25) is 0 Å². The molecule has 0 saturated carbocycles. The number of carbonyl (C=O) groups excluding carboxylic acids is 1. The summed E-state index contributed by atoms with van der Waals surface area (Å²) in [6.07, 6.45) is 3.13. The molecule has 0 N–H and O–H groups in total. The van der Waals surface area contributed by atoms with Gasteiger partial charge in [-0.3, -0.25) is 4.79 Å². The van der Waals surface area contributed by atoms with Crippen LogP contribution in [0.1, 0.15) is 15.9 Å². The lowest BCUT2D eigenvalue weighted by molar-refractivity contribution is 0.103. The second kappa shape index (κ2) is 6.67. The van der Waals surface area contributed by atoms with Crippen molar-refractivity contribution in [3.8, 4) is 5.75 Å². The molecule has 2 aromatic carbocycles. The third-order valence-corrected chi connectivity index (χ3v) is 3.21. The van der Waals surface area contributed by atoms with E-state index in [2.05, 4.69) is 10.1 Å². The van der Waals surface area contributed by atoms with Crippen LogP contribution in [0, 0.1) is 0 Å². The van der Waals surface area contributed by atoms with Gasteiger partial charge in [0.05, 0.1) is 6.54 Å². The normalized spacial score (nSPS) is 10.4. The van der Waals surface area contributed by atoms with Gasteiger partial charge in [0.25, 0.3) is 0 Å². The number of hydrogen-bond donors (Lipinski definition) is 0. The molecule has 0 saturated heterocycles. The van der Waals surface area contributed by atoms with Gasteiger partial charge in [-0.15, -0.1) is 0 Å². The first-order chi connectivity index (χ1) is 10.8. The summed E-state index contributed by atoms with van der Waals surface area (Å²) in [5.74, 6) is 0.736. The molecule has 3 aromatic rings. The van der Waals surface area contributed by atoms with Crippen molar-refractivity contribution in [2.45, 2.75) is 6.54 Å². The quantitative estimate of drug-likeness (QED) is 0.655. The molecule has 22 heavy (non-hydrogen) atoms. The van der Waals surface area contributed by atoms with Gasteiger partial charge in [-0.25, -0.2) is 9.67 Å². The van der Waals surface area contributed by atoms with E-state index in [4.69, 9.17) is 4.74 Å². The van der Waals surface area contributed by atoms with Crippen molar-refractivity contribution < 1.29 is 9.53 Å². The topological polar surface area (TPSA) is 57.0 Å². The molecule has 0 fully saturated rings. The maximum absolute atomic E-state index is 12.3. The molecule has 0 atom stereocenters. The fourth-order valence-electron chi connectivity index (χ4n) is 2.06. The number of aromatic nitrogens is 3. The Morgan fingerprint density at radius 2 is 1.73 bits per heavy atom. The fraction of sp³-hybridized carbons (Fsp3) is 0.118. The highest BCUT2D eigenvalue weighted by molar-refractivity contribution is 6.08. The Kier molecular flexibility index (Phi) is 4.25. The highest BCUT2D eigenvalue weighted by Gasteiger charge is 2.08. The van der Waals surface area contributed by atoms with Crippen LogP contribution < -0.4 is 4.74 Å². The van der Waals surface area contributed by atoms with E-state index in [1.54, 1.807) is 35.3 Å². The van der Waals surface area contributed by atoms with Crippen molar-refractivity contribution in [2.75, 3.05) is 6.61 Å². The van der Waals surface area contributed by atoms with Crippen LogP contribution >= 0.6 is 0 Å². The lowest BCUT2D eigenvalue weighted by atomic mass is 10.0. The van der Waals surface area contributed by atoms with Gasteiger partial charge in [0.15, 0.2) is 5.78 Å². The average molecular weight is 293 g/mol. The van der Waals surface area contributed by atoms with Gasteiger partial charge < -0.3 is 4.74 Å². The van der Waals surface area contributed by atoms with Crippen molar-refractivity contribution in [2.24, 2.45) is 0 Å². The van der Waals surface area contributed by atoms with E-state index in [9.17, 15) is 4.79 Å². The summed E-state index contributed by atoms with van der Waals surface area (Å²) in [6, 6.07) is 16.4. The minimum atomic E-state index is 0.00904. The van der Waals surface area contributed by atoms with Crippen molar-refractivity contribution in [3.05, 3.63) is 78.4 Å². The lowest BCUT2D eigenvalue weighted by Gasteiger charge is -2.07. The standard InChI is InChI=1S/C17H15N3O2/c21-17(14-4-2-1-3-5-14)15-6-8-16(9-7-15)22-11-10-20-13-18-12-19-20/h1-9,12-13H,10-11H2. The van der Waals surface area contributed by atoms with Crippen molar-refractivity contribution in [1.82, 2.24) is 14.8 Å². The first-order valence-corrected chi connectivity index (χ1v) is 6.98. The molecule has 0 bridgehead atoms. The molecule has 0 radical (unpaired) electrons. The van der Waals surface area contributed by atoms with Gasteiger partial charge in [0.1, 0.15) is 25.0 Å². The summed E-state index contributed by atoms with van der Waals surface area (Å²) >= 11 is 0. The largest absolute Gasteiger partial charge is 0.492 e. The van der Waals surface area contributed by atoms with Gasteiger partial charge in [-0.1, -0.05) is 30.3 Å². The Morgan fingerprint density at radius 3 is 2.41 bits per heavy atom. The Labute approximate surface area is 128 Å². The van der Waals surface area contributed by atoms with E-state index in [0.717, 1.165) is 5.75 Å². The Bertz CT molecular complexity index is 722. The Balaban J connectivity index is 1.59. The van der Waals surface area contributed by atoms with Crippen molar-refractivity contribution >= 4 is 5.78 Å². The third-order valence-electron chi connectivity index (χ3n) is 3.21. The van der Waals surface area contributed by atoms with E-state index in [1.165, 1.54) is 6.33 Å². The number of ether oxygens (including phenoxy) is 1. The zero-order chi connectivity index (χ0) is 15.2. The molecule has 110 valence electrons. The minimum absolute atomic E-state index is 0.00904. The number of hydrogen-bond acceptors (Lipinski definition) is 4. The molecule has 1 heterocycles. The Hall–Kier alpha value is -2.95. The number of nitrogens with zero attached hydrogens (tertiary/aromatic N) is 3. The molecule has 0 aliphatic heterocycles. The number of ketones is 1. The van der Waals surface area contributed by atoms with Crippen LogP contribution in [0.25, 0.3) is 0 Å². The number of rotatable bonds is 6. The van der Waals surface area contributed by atoms with Crippen LogP contribution in [0.5, 0.6) is 5.75 Å². The second-order valence-corrected chi connectivity index (χ2v) is 4.73. The summed E-state index contributed by atoms with van der Waals surface area (Å²) in [5, 5.41) is 4.00. The summed E-state index contributed by atoms with van der Waals surface area (Å²) in [5.41, 5.74) is 1.33. The van der Waals surface area contributed by atoms with Gasteiger partial charge >= 0.3 is 0 Å². The zero-order valence-corrected chi connectivity index (χ0v) is 11.9. The van der Waals surface area contributed by atoms with Crippen LogP contribution in [-0.4, -0.2) is 27.2 Å². The number of benzene rings is 2. The summed E-state index contributed by atoms with van der Waals surface area (Å²) < 4.78 is 7.32. The summed E-state index contributed by atoms with van der Waals surface area (Å²) in [4.78, 5) is 16.1. The molecular formula is C17H15N3O2. The van der Waals surface area contributed by atoms with E-state index in [-0.39, 0.29) is 5.78 Å². The predicted molar refractivity (Wildman–Crippen MR) is 81.8 cm³/mol. The van der Waals surface area contributed by atoms with Gasteiger partial charge in [0.2, 0.25) is 0 Å². The predicted octanol–water partition coefficient (Wildman–Crippen LogP) is 2.59. The van der Waals surface area contributed by atoms with Gasteiger partial charge in [-0.05, 0) is 24.3 Å². The minimum Gasteiger partial charge on any atom is -0.492 e. The van der Waals surface area contributed by atoms with Gasteiger partial charge in [-0.2, -0.15) is 5.10 Å². The molecule has 0 unspecified atom stereocenters. The molecule has 0 aliphatic carbocycles. The molecule has 0 spiro atoms. The van der Waals surface area contributed by atoms with Gasteiger partial charge in [0, 0.05) is 11.1 Å². The first-order valence-electron chi connectivity index (χ1n) is 6.98. The highest BCUT2D eigenvalue weighted by atomic mass is 16.5. The fourth-order valence-corrected chi connectivity index (χ4v) is 2.06.